The van der Waals surface area contributed by atoms with Crippen LogP contribution in [0.4, 0.5) is 23.4 Å². The van der Waals surface area contributed by atoms with Crippen LogP contribution in [0.15, 0.2) is 12.3 Å². The summed E-state index contributed by atoms with van der Waals surface area (Å²) in [5.41, 5.74) is 0. The van der Waals surface area contributed by atoms with Crippen molar-refractivity contribution < 1.29 is 22.4 Å². The van der Waals surface area contributed by atoms with Crippen molar-refractivity contribution in [3.8, 4) is 0 Å². The highest BCUT2D eigenvalue weighted by Crippen LogP contribution is 2.18. The van der Waals surface area contributed by atoms with Crippen molar-refractivity contribution in [3.63, 3.8) is 0 Å². The first kappa shape index (κ1) is 13.8. The minimum atomic E-state index is -4.37. The quantitative estimate of drug-likeness (QED) is 0.815. The molecule has 1 aromatic rings. The smallest absolute Gasteiger partial charge is 0.308 e. The number of nitrogens with one attached hydrogen (secondary N) is 2. The fraction of sp³-hybridized carbons (Fsp3) is 0.600. The Morgan fingerprint density at radius 1 is 1.58 bits per heavy atom. The molecule has 2 rings (SSSR count). The van der Waals surface area contributed by atoms with Gasteiger partial charge < -0.3 is 10.6 Å². The van der Waals surface area contributed by atoms with Gasteiger partial charge in [0.1, 0.15) is 12.7 Å². The standard InChI is InChI=1S/C10H12F4N4O/c11-6-3-7(15-4-6)9(19)16-8-1-2-18(17-8)5-10(12,13)14/h1-2,6-7,15H,3-5H2,(H,16,17,19). The zero-order valence-corrected chi connectivity index (χ0v) is 9.75. The molecular weight excluding hydrogens is 268 g/mol. The van der Waals surface area contributed by atoms with Crippen molar-refractivity contribution in [1.29, 1.82) is 0 Å². The Kier molecular flexibility index (Phi) is 3.74. The van der Waals surface area contributed by atoms with Gasteiger partial charge in [-0.1, -0.05) is 0 Å². The molecule has 0 radical (unpaired) electrons. The Hall–Kier alpha value is -1.64. The highest BCUT2D eigenvalue weighted by atomic mass is 19.4. The maximum absolute atomic E-state index is 12.9. The average molecular weight is 280 g/mol. The second-order valence-electron chi connectivity index (χ2n) is 4.30. The number of carbonyl (C=O) groups is 1. The summed E-state index contributed by atoms with van der Waals surface area (Å²) in [6, 6.07) is 0.577. The summed E-state index contributed by atoms with van der Waals surface area (Å²) in [7, 11) is 0. The molecule has 1 aliphatic heterocycles. The Labute approximate surface area is 106 Å². The summed E-state index contributed by atoms with van der Waals surface area (Å²) in [5, 5.41) is 8.58. The molecule has 0 spiro atoms. The summed E-state index contributed by atoms with van der Waals surface area (Å²) in [4.78, 5) is 11.6. The van der Waals surface area contributed by atoms with E-state index >= 15 is 0 Å². The third-order valence-corrected chi connectivity index (χ3v) is 2.63. The SMILES string of the molecule is O=C(Nc1ccn(CC(F)(F)F)n1)C1CC(F)CN1. The fourth-order valence-electron chi connectivity index (χ4n) is 1.81. The lowest BCUT2D eigenvalue weighted by atomic mass is 10.2. The number of halogens is 4. The molecule has 2 N–H and O–H groups in total. The molecule has 106 valence electrons. The van der Waals surface area contributed by atoms with Gasteiger partial charge in [-0.15, -0.1) is 0 Å². The first-order chi connectivity index (χ1) is 8.83. The molecule has 0 aliphatic carbocycles. The molecule has 0 saturated carbocycles. The van der Waals surface area contributed by atoms with Gasteiger partial charge in [-0.3, -0.25) is 9.48 Å². The molecule has 1 amide bonds. The maximum atomic E-state index is 12.9. The van der Waals surface area contributed by atoms with Crippen molar-refractivity contribution in [2.24, 2.45) is 0 Å². The number of hydrogen-bond donors (Lipinski definition) is 2. The lowest BCUT2D eigenvalue weighted by molar-refractivity contribution is -0.142. The topological polar surface area (TPSA) is 59.0 Å². The van der Waals surface area contributed by atoms with Crippen LogP contribution < -0.4 is 10.6 Å². The van der Waals surface area contributed by atoms with Gasteiger partial charge in [0, 0.05) is 25.2 Å². The molecule has 0 aromatic carbocycles. The van der Waals surface area contributed by atoms with E-state index in [0.717, 1.165) is 6.20 Å². The van der Waals surface area contributed by atoms with Gasteiger partial charge in [0.25, 0.3) is 0 Å². The molecule has 1 aromatic heterocycles. The van der Waals surface area contributed by atoms with Crippen LogP contribution in [0.2, 0.25) is 0 Å². The third-order valence-electron chi connectivity index (χ3n) is 2.63. The highest BCUT2D eigenvalue weighted by molar-refractivity contribution is 5.94. The van der Waals surface area contributed by atoms with Crippen molar-refractivity contribution in [2.45, 2.75) is 31.4 Å². The van der Waals surface area contributed by atoms with E-state index < -0.39 is 30.8 Å². The van der Waals surface area contributed by atoms with Crippen LogP contribution in [0, 0.1) is 0 Å². The van der Waals surface area contributed by atoms with Gasteiger partial charge in [0.2, 0.25) is 5.91 Å². The summed E-state index contributed by atoms with van der Waals surface area (Å²) < 4.78 is 49.9. The van der Waals surface area contributed by atoms with E-state index in [2.05, 4.69) is 15.7 Å². The monoisotopic (exact) mass is 280 g/mol. The first-order valence-electron chi connectivity index (χ1n) is 5.62. The Balaban J connectivity index is 1.91. The number of amides is 1. The van der Waals surface area contributed by atoms with Crippen LogP contribution in [0.3, 0.4) is 0 Å². The van der Waals surface area contributed by atoms with Gasteiger partial charge in [-0.05, 0) is 0 Å². The molecule has 1 saturated heterocycles. The van der Waals surface area contributed by atoms with Gasteiger partial charge in [-0.25, -0.2) is 4.39 Å². The van der Waals surface area contributed by atoms with E-state index in [4.69, 9.17) is 0 Å². The molecule has 2 heterocycles. The normalized spacial score (nSPS) is 23.6. The first-order valence-corrected chi connectivity index (χ1v) is 5.62. The number of anilines is 1. The van der Waals surface area contributed by atoms with Crippen molar-refractivity contribution in [2.75, 3.05) is 11.9 Å². The summed E-state index contributed by atoms with van der Waals surface area (Å²) in [6.07, 6.45) is -4.29. The Morgan fingerprint density at radius 2 is 2.32 bits per heavy atom. The van der Waals surface area contributed by atoms with Gasteiger partial charge in [0.05, 0.1) is 6.04 Å². The zero-order valence-electron chi connectivity index (χ0n) is 9.75. The van der Waals surface area contributed by atoms with Crippen molar-refractivity contribution in [3.05, 3.63) is 12.3 Å². The van der Waals surface area contributed by atoms with E-state index in [1.165, 1.54) is 6.07 Å². The largest absolute Gasteiger partial charge is 0.408 e. The van der Waals surface area contributed by atoms with E-state index in [1.807, 2.05) is 0 Å². The number of aromatic nitrogens is 2. The summed E-state index contributed by atoms with van der Waals surface area (Å²) in [5.74, 6) is -0.490. The maximum Gasteiger partial charge on any atom is 0.408 e. The number of alkyl halides is 4. The Morgan fingerprint density at radius 3 is 2.89 bits per heavy atom. The van der Waals surface area contributed by atoms with E-state index in [9.17, 15) is 22.4 Å². The summed E-state index contributed by atoms with van der Waals surface area (Å²) in [6.45, 7) is -1.13. The van der Waals surface area contributed by atoms with Crippen LogP contribution in [0.1, 0.15) is 6.42 Å². The second kappa shape index (κ2) is 5.16. The number of hydrogen-bond acceptors (Lipinski definition) is 3. The van der Waals surface area contributed by atoms with Crippen LogP contribution in [0.5, 0.6) is 0 Å². The molecule has 5 nitrogen and oxygen atoms in total. The van der Waals surface area contributed by atoms with Crippen molar-refractivity contribution in [1.82, 2.24) is 15.1 Å². The second-order valence-corrected chi connectivity index (χ2v) is 4.30. The minimum absolute atomic E-state index is 0.0124. The predicted molar refractivity (Wildman–Crippen MR) is 58.2 cm³/mol. The van der Waals surface area contributed by atoms with E-state index in [1.54, 1.807) is 0 Å². The van der Waals surface area contributed by atoms with Gasteiger partial charge >= 0.3 is 6.18 Å². The minimum Gasteiger partial charge on any atom is -0.308 e. The fourth-order valence-corrected chi connectivity index (χ4v) is 1.81. The molecule has 2 atom stereocenters. The zero-order chi connectivity index (χ0) is 14.0. The summed E-state index contributed by atoms with van der Waals surface area (Å²) >= 11 is 0. The third kappa shape index (κ3) is 3.91. The lowest BCUT2D eigenvalue weighted by Gasteiger charge is -2.09. The molecule has 19 heavy (non-hydrogen) atoms. The molecule has 9 heteroatoms. The van der Waals surface area contributed by atoms with Crippen LogP contribution in [-0.2, 0) is 11.3 Å². The molecule has 0 bridgehead atoms. The molecule has 1 aliphatic rings. The molecule has 2 unspecified atom stereocenters. The highest BCUT2D eigenvalue weighted by Gasteiger charge is 2.30. The molecule has 1 fully saturated rings. The van der Waals surface area contributed by atoms with Crippen LogP contribution in [-0.4, -0.2) is 40.6 Å². The number of nitrogens with zero attached hydrogens (tertiary/aromatic N) is 2. The van der Waals surface area contributed by atoms with Crippen LogP contribution >= 0.6 is 0 Å². The predicted octanol–water partition coefficient (Wildman–Crippen LogP) is 1.08. The van der Waals surface area contributed by atoms with E-state index in [-0.39, 0.29) is 18.8 Å². The molecular formula is C10H12F4N4O. The van der Waals surface area contributed by atoms with Gasteiger partial charge in [0.15, 0.2) is 5.82 Å². The lowest BCUT2D eigenvalue weighted by Crippen LogP contribution is -2.35. The number of rotatable bonds is 3. The Bertz CT molecular complexity index is 459. The van der Waals surface area contributed by atoms with Crippen LogP contribution in [0.25, 0.3) is 0 Å². The van der Waals surface area contributed by atoms with E-state index in [0.29, 0.717) is 4.68 Å². The number of carbonyl (C=O) groups excluding carboxylic acids is 1. The van der Waals surface area contributed by atoms with Gasteiger partial charge in [-0.2, -0.15) is 18.3 Å². The van der Waals surface area contributed by atoms with Crippen molar-refractivity contribution >= 4 is 11.7 Å². The average Bonchev–Trinajstić information content (AvgIpc) is 2.85.